The summed E-state index contributed by atoms with van der Waals surface area (Å²) in [6.07, 6.45) is 3.71. The number of nitrogen functional groups attached to an aromatic ring is 2. The summed E-state index contributed by atoms with van der Waals surface area (Å²) < 4.78 is 4.33. The Kier molecular flexibility index (Phi) is 6.18. The molecule has 8 heteroatoms. The number of nitrogens with two attached hydrogens (primary N) is 2. The van der Waals surface area contributed by atoms with Gasteiger partial charge in [0.25, 0.3) is 0 Å². The van der Waals surface area contributed by atoms with Gasteiger partial charge in [0, 0.05) is 23.9 Å². The van der Waals surface area contributed by atoms with Crippen LogP contribution in [0.25, 0.3) is 43.9 Å². The lowest BCUT2D eigenvalue weighted by molar-refractivity contribution is 0.533. The molecule has 0 fully saturated rings. The highest BCUT2D eigenvalue weighted by Gasteiger charge is 2.13. The van der Waals surface area contributed by atoms with E-state index in [0.717, 1.165) is 57.0 Å². The zero-order valence-electron chi connectivity index (χ0n) is 21.2. The molecule has 0 atom stereocenters. The molecule has 0 bridgehead atoms. The number of benzene rings is 2. The molecule has 6 rings (SSSR count). The van der Waals surface area contributed by atoms with Gasteiger partial charge in [-0.05, 0) is 24.0 Å². The van der Waals surface area contributed by atoms with E-state index in [1.165, 1.54) is 0 Å². The van der Waals surface area contributed by atoms with Crippen molar-refractivity contribution < 1.29 is 0 Å². The fraction of sp³-hybridized carbons (Fsp3) is 0.286. The molecule has 4 aromatic heterocycles. The molecule has 0 unspecified atom stereocenters. The predicted octanol–water partition coefficient (Wildman–Crippen LogP) is 5.65. The smallest absolute Gasteiger partial charge is 0.152 e. The third kappa shape index (κ3) is 4.30. The quantitative estimate of drug-likeness (QED) is 0.337. The van der Waals surface area contributed by atoms with E-state index in [-0.39, 0.29) is 0 Å². The second kappa shape index (κ2) is 9.45. The Morgan fingerprint density at radius 1 is 0.639 bits per heavy atom. The molecular formula is C28H32N8. The zero-order chi connectivity index (χ0) is 25.4. The maximum Gasteiger partial charge on any atom is 0.152 e. The molecule has 0 spiro atoms. The van der Waals surface area contributed by atoms with Gasteiger partial charge in [-0.3, -0.25) is 0 Å². The van der Waals surface area contributed by atoms with Crippen molar-refractivity contribution in [2.45, 2.75) is 40.8 Å². The van der Waals surface area contributed by atoms with Crippen LogP contribution in [0.15, 0.2) is 61.2 Å². The van der Waals surface area contributed by atoms with Crippen LogP contribution in [0.4, 0.5) is 11.6 Å². The van der Waals surface area contributed by atoms with Crippen LogP contribution in [-0.4, -0.2) is 29.1 Å². The first kappa shape index (κ1) is 23.5. The van der Waals surface area contributed by atoms with E-state index in [2.05, 4.69) is 68.9 Å². The van der Waals surface area contributed by atoms with E-state index in [1.807, 2.05) is 49.1 Å². The van der Waals surface area contributed by atoms with Gasteiger partial charge in [0.05, 0.1) is 34.7 Å². The average molecular weight is 481 g/mol. The maximum atomic E-state index is 5.98. The van der Waals surface area contributed by atoms with Crippen molar-refractivity contribution in [1.82, 2.24) is 29.1 Å². The molecule has 184 valence electrons. The highest BCUT2D eigenvalue weighted by atomic mass is 15.1. The monoisotopic (exact) mass is 480 g/mol. The Hall–Kier alpha value is -4.20. The molecular weight excluding hydrogens is 448 g/mol. The summed E-state index contributed by atoms with van der Waals surface area (Å²) in [4.78, 5) is 17.6. The van der Waals surface area contributed by atoms with Crippen molar-refractivity contribution >= 4 is 55.5 Å². The first-order valence-electron chi connectivity index (χ1n) is 12.3. The Morgan fingerprint density at radius 3 is 1.42 bits per heavy atom. The summed E-state index contributed by atoms with van der Waals surface area (Å²) in [5.74, 6) is 2.14. The van der Waals surface area contributed by atoms with Gasteiger partial charge >= 0.3 is 0 Å². The number of nitrogens with zero attached hydrogens (tertiary/aromatic N) is 6. The average Bonchev–Trinajstić information content (AvgIpc) is 3.45. The number of para-hydroxylation sites is 2. The number of pyridine rings is 2. The van der Waals surface area contributed by atoms with Gasteiger partial charge in [-0.25, -0.2) is 19.9 Å². The van der Waals surface area contributed by atoms with E-state index >= 15 is 0 Å². The fourth-order valence-electron chi connectivity index (χ4n) is 4.68. The van der Waals surface area contributed by atoms with Crippen molar-refractivity contribution in [2.24, 2.45) is 11.8 Å². The van der Waals surface area contributed by atoms with Crippen LogP contribution in [0.1, 0.15) is 27.7 Å². The third-order valence-corrected chi connectivity index (χ3v) is 6.08. The minimum absolute atomic E-state index is 0.506. The summed E-state index contributed by atoms with van der Waals surface area (Å²) >= 11 is 0. The van der Waals surface area contributed by atoms with E-state index in [4.69, 9.17) is 11.5 Å². The SMILES string of the molecule is CC(C)Cn1cnc2c(N)nc3ccccc3c21.CC(C)Cn1cnc2c(N)nc3ccccc3c21. The lowest BCUT2D eigenvalue weighted by atomic mass is 10.1. The molecule has 0 saturated carbocycles. The van der Waals surface area contributed by atoms with Gasteiger partial charge in [-0.15, -0.1) is 0 Å². The lowest BCUT2D eigenvalue weighted by Crippen LogP contribution is -2.03. The highest BCUT2D eigenvalue weighted by Crippen LogP contribution is 2.28. The Balaban J connectivity index is 0.000000148. The van der Waals surface area contributed by atoms with E-state index in [0.29, 0.717) is 23.5 Å². The third-order valence-electron chi connectivity index (χ3n) is 6.08. The maximum absolute atomic E-state index is 5.98. The largest absolute Gasteiger partial charge is 0.382 e. The summed E-state index contributed by atoms with van der Waals surface area (Å²) in [5, 5.41) is 2.22. The standard InChI is InChI=1S/2C14H16N4/c2*1-9(2)7-18-8-16-12-13(18)10-5-3-4-6-11(10)17-14(12)15/h2*3-6,8-9H,7H2,1-2H3,(H2,15,17). The van der Waals surface area contributed by atoms with Crippen molar-refractivity contribution in [1.29, 1.82) is 0 Å². The number of imidazole rings is 2. The van der Waals surface area contributed by atoms with Crippen molar-refractivity contribution in [3.63, 3.8) is 0 Å². The number of aromatic nitrogens is 6. The molecule has 6 aromatic rings. The fourth-order valence-corrected chi connectivity index (χ4v) is 4.68. The number of hydrogen-bond donors (Lipinski definition) is 2. The molecule has 0 amide bonds. The molecule has 8 nitrogen and oxygen atoms in total. The van der Waals surface area contributed by atoms with E-state index in [1.54, 1.807) is 0 Å². The number of hydrogen-bond acceptors (Lipinski definition) is 6. The van der Waals surface area contributed by atoms with Crippen molar-refractivity contribution in [2.75, 3.05) is 11.5 Å². The number of rotatable bonds is 4. The Labute approximate surface area is 210 Å². The molecule has 0 aliphatic heterocycles. The van der Waals surface area contributed by atoms with Crippen LogP contribution in [-0.2, 0) is 13.1 Å². The molecule has 0 aliphatic carbocycles. The predicted molar refractivity (Wildman–Crippen MR) is 149 cm³/mol. The molecule has 0 saturated heterocycles. The minimum atomic E-state index is 0.506. The molecule has 2 aromatic carbocycles. The molecule has 36 heavy (non-hydrogen) atoms. The summed E-state index contributed by atoms with van der Waals surface area (Å²) in [6, 6.07) is 16.1. The summed E-state index contributed by atoms with van der Waals surface area (Å²) in [6.45, 7) is 10.6. The van der Waals surface area contributed by atoms with Gasteiger partial charge in [0.1, 0.15) is 11.0 Å². The number of fused-ring (bicyclic) bond motifs is 6. The van der Waals surface area contributed by atoms with Crippen LogP contribution >= 0.6 is 0 Å². The first-order valence-corrected chi connectivity index (χ1v) is 12.3. The molecule has 4 heterocycles. The lowest BCUT2D eigenvalue weighted by Gasteiger charge is -2.09. The van der Waals surface area contributed by atoms with Gasteiger partial charge in [-0.1, -0.05) is 64.1 Å². The topological polar surface area (TPSA) is 113 Å². The number of anilines is 2. The summed E-state index contributed by atoms with van der Waals surface area (Å²) in [5.41, 5.74) is 17.6. The van der Waals surface area contributed by atoms with E-state index < -0.39 is 0 Å². The zero-order valence-corrected chi connectivity index (χ0v) is 21.2. The van der Waals surface area contributed by atoms with Gasteiger partial charge in [0.15, 0.2) is 11.6 Å². The Bertz CT molecular complexity index is 1550. The first-order chi connectivity index (χ1) is 17.3. The van der Waals surface area contributed by atoms with Crippen LogP contribution < -0.4 is 11.5 Å². The van der Waals surface area contributed by atoms with Crippen molar-refractivity contribution in [3.8, 4) is 0 Å². The minimum Gasteiger partial charge on any atom is -0.382 e. The summed E-state index contributed by atoms with van der Waals surface area (Å²) in [7, 11) is 0. The normalized spacial score (nSPS) is 11.7. The second-order valence-corrected chi connectivity index (χ2v) is 10.0. The second-order valence-electron chi connectivity index (χ2n) is 10.0. The van der Waals surface area contributed by atoms with Gasteiger partial charge < -0.3 is 20.6 Å². The van der Waals surface area contributed by atoms with Crippen LogP contribution in [0.2, 0.25) is 0 Å². The Morgan fingerprint density at radius 2 is 1.03 bits per heavy atom. The van der Waals surface area contributed by atoms with Crippen LogP contribution in [0.3, 0.4) is 0 Å². The molecule has 4 N–H and O–H groups in total. The molecule has 0 radical (unpaired) electrons. The van der Waals surface area contributed by atoms with Gasteiger partial charge in [-0.2, -0.15) is 0 Å². The van der Waals surface area contributed by atoms with Gasteiger partial charge in [0.2, 0.25) is 0 Å². The van der Waals surface area contributed by atoms with Crippen LogP contribution in [0.5, 0.6) is 0 Å². The molecule has 0 aliphatic rings. The van der Waals surface area contributed by atoms with Crippen LogP contribution in [0, 0.1) is 11.8 Å². The highest BCUT2D eigenvalue weighted by molar-refractivity contribution is 6.07. The van der Waals surface area contributed by atoms with E-state index in [9.17, 15) is 0 Å². The van der Waals surface area contributed by atoms with Crippen molar-refractivity contribution in [3.05, 3.63) is 61.2 Å².